The molecule has 0 saturated carbocycles. The van der Waals surface area contributed by atoms with Gasteiger partial charge in [0.25, 0.3) is 0 Å². The van der Waals surface area contributed by atoms with Crippen molar-refractivity contribution < 1.29 is 9.59 Å². The van der Waals surface area contributed by atoms with Crippen molar-refractivity contribution >= 4 is 17.8 Å². The lowest BCUT2D eigenvalue weighted by Gasteiger charge is -2.33. The van der Waals surface area contributed by atoms with Crippen molar-refractivity contribution in [2.75, 3.05) is 18.4 Å². The largest absolute Gasteiger partial charge is 0.342 e. The number of carbonyl (C=O) groups excluding carboxylic acids is 2. The van der Waals surface area contributed by atoms with Crippen LogP contribution in [0.5, 0.6) is 0 Å². The first kappa shape index (κ1) is 16.4. The number of likely N-dealkylation sites (tertiary alicyclic amines) is 1. The van der Waals surface area contributed by atoms with Crippen molar-refractivity contribution in [1.82, 2.24) is 14.9 Å². The summed E-state index contributed by atoms with van der Waals surface area (Å²) in [5, 5.41) is 2.76. The number of piperidine rings is 1. The zero-order chi connectivity index (χ0) is 16.1. The van der Waals surface area contributed by atoms with Gasteiger partial charge < -0.3 is 4.90 Å². The van der Waals surface area contributed by atoms with Gasteiger partial charge in [-0.25, -0.2) is 9.97 Å². The molecule has 1 saturated heterocycles. The molecule has 0 spiro atoms. The third-order valence-electron chi connectivity index (χ3n) is 4.17. The first-order chi connectivity index (χ1) is 10.5. The maximum absolute atomic E-state index is 12.4. The van der Waals surface area contributed by atoms with Crippen LogP contribution in [0.3, 0.4) is 0 Å². The summed E-state index contributed by atoms with van der Waals surface area (Å²) < 4.78 is 0. The molecule has 0 unspecified atom stereocenters. The monoisotopic (exact) mass is 304 g/mol. The fourth-order valence-electron chi connectivity index (χ4n) is 2.60. The van der Waals surface area contributed by atoms with E-state index in [1.165, 1.54) is 0 Å². The fraction of sp³-hybridized carbons (Fsp3) is 0.625. The summed E-state index contributed by atoms with van der Waals surface area (Å²) in [4.78, 5) is 34.7. The normalized spacial score (nSPS) is 19.6. The summed E-state index contributed by atoms with van der Waals surface area (Å²) in [7, 11) is 0. The van der Waals surface area contributed by atoms with Crippen molar-refractivity contribution in [2.45, 2.75) is 40.0 Å². The average molecular weight is 304 g/mol. The van der Waals surface area contributed by atoms with Crippen molar-refractivity contribution in [3.05, 3.63) is 18.0 Å². The SMILES string of the molecule is CC[C@@H](C)C(=O)N1CCC[C@H](C(=O)Nc2nccc(C)n2)C1. The lowest BCUT2D eigenvalue weighted by atomic mass is 9.95. The molecule has 2 heterocycles. The predicted octanol–water partition coefficient (Wildman–Crippen LogP) is 2.01. The van der Waals surface area contributed by atoms with Gasteiger partial charge in [0.2, 0.25) is 17.8 Å². The Morgan fingerprint density at radius 1 is 1.50 bits per heavy atom. The Balaban J connectivity index is 1.97. The molecule has 22 heavy (non-hydrogen) atoms. The quantitative estimate of drug-likeness (QED) is 0.923. The molecule has 0 aromatic carbocycles. The second-order valence-electron chi connectivity index (χ2n) is 5.94. The van der Waals surface area contributed by atoms with E-state index < -0.39 is 0 Å². The lowest BCUT2D eigenvalue weighted by molar-refractivity contribution is -0.138. The van der Waals surface area contributed by atoms with E-state index in [1.54, 1.807) is 12.3 Å². The maximum atomic E-state index is 12.4. The van der Waals surface area contributed by atoms with Crippen LogP contribution in [0.25, 0.3) is 0 Å². The summed E-state index contributed by atoms with van der Waals surface area (Å²) >= 11 is 0. The van der Waals surface area contributed by atoms with Gasteiger partial charge in [-0.2, -0.15) is 0 Å². The standard InChI is InChI=1S/C16H24N4O2/c1-4-11(2)15(22)20-9-5-6-13(10-20)14(21)19-16-17-8-7-12(3)18-16/h7-8,11,13H,4-6,9-10H2,1-3H3,(H,17,18,19,21)/t11-,13+/m1/s1. The van der Waals surface area contributed by atoms with Crippen LogP contribution in [0, 0.1) is 18.8 Å². The van der Waals surface area contributed by atoms with Crippen LogP contribution in [0.2, 0.25) is 0 Å². The lowest BCUT2D eigenvalue weighted by Crippen LogP contribution is -2.45. The van der Waals surface area contributed by atoms with Crippen molar-refractivity contribution in [3.63, 3.8) is 0 Å². The van der Waals surface area contributed by atoms with Crippen LogP contribution in [0.4, 0.5) is 5.95 Å². The summed E-state index contributed by atoms with van der Waals surface area (Å²) in [5.74, 6) is 0.196. The van der Waals surface area contributed by atoms with Gasteiger partial charge in [0.15, 0.2) is 0 Å². The highest BCUT2D eigenvalue weighted by atomic mass is 16.2. The van der Waals surface area contributed by atoms with Gasteiger partial charge in [-0.05, 0) is 32.3 Å². The highest BCUT2D eigenvalue weighted by molar-refractivity contribution is 5.91. The molecular formula is C16H24N4O2. The first-order valence-electron chi connectivity index (χ1n) is 7.90. The van der Waals surface area contributed by atoms with E-state index in [-0.39, 0.29) is 23.7 Å². The first-order valence-corrected chi connectivity index (χ1v) is 7.90. The van der Waals surface area contributed by atoms with E-state index in [9.17, 15) is 9.59 Å². The molecular weight excluding hydrogens is 280 g/mol. The number of amides is 2. The summed E-state index contributed by atoms with van der Waals surface area (Å²) in [6.45, 7) is 7.03. The minimum Gasteiger partial charge on any atom is -0.342 e. The van der Waals surface area contributed by atoms with Crippen molar-refractivity contribution in [3.8, 4) is 0 Å². The zero-order valence-electron chi connectivity index (χ0n) is 13.5. The number of nitrogens with zero attached hydrogens (tertiary/aromatic N) is 3. The number of carbonyl (C=O) groups is 2. The molecule has 1 aliphatic heterocycles. The Morgan fingerprint density at radius 3 is 2.95 bits per heavy atom. The number of hydrogen-bond donors (Lipinski definition) is 1. The maximum Gasteiger partial charge on any atom is 0.231 e. The van der Waals surface area contributed by atoms with E-state index in [1.807, 2.05) is 25.7 Å². The number of hydrogen-bond acceptors (Lipinski definition) is 4. The van der Waals surface area contributed by atoms with Gasteiger partial charge in [0.1, 0.15) is 0 Å². The molecule has 120 valence electrons. The Labute approximate surface area is 131 Å². The van der Waals surface area contributed by atoms with E-state index in [2.05, 4.69) is 15.3 Å². The Kier molecular flexibility index (Phi) is 5.46. The third-order valence-corrected chi connectivity index (χ3v) is 4.17. The van der Waals surface area contributed by atoms with Crippen molar-refractivity contribution in [1.29, 1.82) is 0 Å². The molecule has 6 heteroatoms. The number of aromatic nitrogens is 2. The molecule has 2 amide bonds. The van der Waals surface area contributed by atoms with Gasteiger partial charge in [0, 0.05) is 30.9 Å². The van der Waals surface area contributed by atoms with Crippen LogP contribution in [0.1, 0.15) is 38.8 Å². The smallest absolute Gasteiger partial charge is 0.231 e. The molecule has 6 nitrogen and oxygen atoms in total. The van der Waals surface area contributed by atoms with E-state index in [4.69, 9.17) is 0 Å². The van der Waals surface area contributed by atoms with Gasteiger partial charge in [-0.1, -0.05) is 13.8 Å². The fourth-order valence-corrected chi connectivity index (χ4v) is 2.60. The van der Waals surface area contributed by atoms with Crippen LogP contribution in [0.15, 0.2) is 12.3 Å². The molecule has 1 fully saturated rings. The number of aryl methyl sites for hydroxylation is 1. The molecule has 0 radical (unpaired) electrons. The van der Waals surface area contributed by atoms with Gasteiger partial charge in [0.05, 0.1) is 5.92 Å². The minimum absolute atomic E-state index is 0.0157. The molecule has 2 rings (SSSR count). The molecule has 1 aromatic rings. The predicted molar refractivity (Wildman–Crippen MR) is 84.2 cm³/mol. The Hall–Kier alpha value is -1.98. The van der Waals surface area contributed by atoms with Gasteiger partial charge >= 0.3 is 0 Å². The summed E-state index contributed by atoms with van der Waals surface area (Å²) in [6.07, 6.45) is 4.10. The van der Waals surface area contributed by atoms with Crippen LogP contribution in [-0.4, -0.2) is 39.8 Å². The second kappa shape index (κ2) is 7.33. The summed E-state index contributed by atoms with van der Waals surface area (Å²) in [6, 6.07) is 1.78. The molecule has 2 atom stereocenters. The van der Waals surface area contributed by atoms with E-state index in [0.29, 0.717) is 12.5 Å². The zero-order valence-corrected chi connectivity index (χ0v) is 13.5. The molecule has 1 N–H and O–H groups in total. The second-order valence-corrected chi connectivity index (χ2v) is 5.94. The highest BCUT2D eigenvalue weighted by Gasteiger charge is 2.30. The molecule has 1 aromatic heterocycles. The molecule has 0 aliphatic carbocycles. The van der Waals surface area contributed by atoms with E-state index in [0.717, 1.165) is 31.5 Å². The number of anilines is 1. The third kappa shape index (κ3) is 4.02. The molecule has 0 bridgehead atoms. The number of rotatable bonds is 4. The van der Waals surface area contributed by atoms with Gasteiger partial charge in [-0.15, -0.1) is 0 Å². The van der Waals surface area contributed by atoms with Crippen LogP contribution < -0.4 is 5.32 Å². The van der Waals surface area contributed by atoms with Crippen molar-refractivity contribution in [2.24, 2.45) is 11.8 Å². The Morgan fingerprint density at radius 2 is 2.27 bits per heavy atom. The van der Waals surface area contributed by atoms with E-state index >= 15 is 0 Å². The molecule has 1 aliphatic rings. The van der Waals surface area contributed by atoms with Crippen LogP contribution >= 0.6 is 0 Å². The highest BCUT2D eigenvalue weighted by Crippen LogP contribution is 2.20. The van der Waals surface area contributed by atoms with Crippen LogP contribution in [-0.2, 0) is 9.59 Å². The number of nitrogens with one attached hydrogen (secondary N) is 1. The topological polar surface area (TPSA) is 75.2 Å². The Bertz CT molecular complexity index is 547. The van der Waals surface area contributed by atoms with Gasteiger partial charge in [-0.3, -0.25) is 14.9 Å². The minimum atomic E-state index is -0.189. The average Bonchev–Trinajstić information content (AvgIpc) is 2.53. The summed E-state index contributed by atoms with van der Waals surface area (Å²) in [5.41, 5.74) is 0.808.